The van der Waals surface area contributed by atoms with Crippen LogP contribution < -0.4 is 0 Å². The molecular weight excluding hydrogens is 192 g/mol. The van der Waals surface area contributed by atoms with E-state index in [-0.39, 0.29) is 0 Å². The summed E-state index contributed by atoms with van der Waals surface area (Å²) >= 11 is 6.00. The number of halogens is 1. The van der Waals surface area contributed by atoms with E-state index >= 15 is 0 Å². The Morgan fingerprint density at radius 3 is 2.14 bits per heavy atom. The number of alkyl halides is 1. The van der Waals surface area contributed by atoms with Gasteiger partial charge in [-0.05, 0) is 31.6 Å². The summed E-state index contributed by atoms with van der Waals surface area (Å²) < 4.78 is 0. The molecule has 0 bridgehead atoms. The summed E-state index contributed by atoms with van der Waals surface area (Å²) in [6.45, 7) is 9.03. The number of hydrogen-bond acceptors (Lipinski definition) is 0. The van der Waals surface area contributed by atoms with Crippen molar-refractivity contribution in [3.8, 4) is 0 Å². The largest absolute Gasteiger partial charge is 0.123 e. The van der Waals surface area contributed by atoms with Gasteiger partial charge in [0.25, 0.3) is 0 Å². The minimum Gasteiger partial charge on any atom is -0.123 e. The second-order valence-electron chi connectivity index (χ2n) is 4.77. The van der Waals surface area contributed by atoms with Crippen LogP contribution in [0, 0.1) is 11.8 Å². The summed E-state index contributed by atoms with van der Waals surface area (Å²) in [4.78, 5) is 0. The fourth-order valence-electron chi connectivity index (χ4n) is 2.20. The molecule has 0 aliphatic rings. The molecule has 14 heavy (non-hydrogen) atoms. The standard InChI is InChI=1S/C13H27Cl/c1-5-7-8-13(6-2)10-11(3)9-12(4)14/h11-13H,5-10H2,1-4H3. The lowest BCUT2D eigenvalue weighted by Gasteiger charge is -2.20. The molecule has 0 N–H and O–H groups in total. The van der Waals surface area contributed by atoms with Crippen molar-refractivity contribution < 1.29 is 0 Å². The van der Waals surface area contributed by atoms with Gasteiger partial charge in [0, 0.05) is 5.38 Å². The van der Waals surface area contributed by atoms with E-state index in [1.165, 1.54) is 38.5 Å². The van der Waals surface area contributed by atoms with Crippen molar-refractivity contribution in [2.24, 2.45) is 11.8 Å². The average molecular weight is 219 g/mol. The predicted octanol–water partition coefficient (Wildman–Crippen LogP) is 5.25. The zero-order chi connectivity index (χ0) is 11.0. The van der Waals surface area contributed by atoms with Crippen LogP contribution in [0.25, 0.3) is 0 Å². The Kier molecular flexibility index (Phi) is 8.76. The van der Waals surface area contributed by atoms with Gasteiger partial charge in [0.05, 0.1) is 0 Å². The third-order valence-electron chi connectivity index (χ3n) is 3.01. The predicted molar refractivity (Wildman–Crippen MR) is 67.0 cm³/mol. The summed E-state index contributed by atoms with van der Waals surface area (Å²) in [7, 11) is 0. The quantitative estimate of drug-likeness (QED) is 0.489. The monoisotopic (exact) mass is 218 g/mol. The lowest BCUT2D eigenvalue weighted by molar-refractivity contribution is 0.339. The molecule has 0 fully saturated rings. The first-order valence-corrected chi connectivity index (χ1v) is 6.67. The molecule has 0 radical (unpaired) electrons. The number of unbranched alkanes of at least 4 members (excludes halogenated alkanes) is 1. The molecule has 0 aromatic carbocycles. The van der Waals surface area contributed by atoms with Crippen molar-refractivity contribution in [3.63, 3.8) is 0 Å². The van der Waals surface area contributed by atoms with Gasteiger partial charge in [-0.2, -0.15) is 0 Å². The van der Waals surface area contributed by atoms with Crippen molar-refractivity contribution in [2.45, 2.75) is 71.6 Å². The zero-order valence-corrected chi connectivity index (χ0v) is 11.1. The van der Waals surface area contributed by atoms with E-state index in [1.807, 2.05) is 0 Å². The van der Waals surface area contributed by atoms with Gasteiger partial charge in [0.2, 0.25) is 0 Å². The highest BCUT2D eigenvalue weighted by atomic mass is 35.5. The van der Waals surface area contributed by atoms with Crippen LogP contribution in [0.3, 0.4) is 0 Å². The van der Waals surface area contributed by atoms with Crippen LogP contribution >= 0.6 is 11.6 Å². The van der Waals surface area contributed by atoms with E-state index < -0.39 is 0 Å². The Morgan fingerprint density at radius 2 is 1.71 bits per heavy atom. The van der Waals surface area contributed by atoms with Crippen molar-refractivity contribution >= 4 is 11.6 Å². The van der Waals surface area contributed by atoms with Crippen LogP contribution in [0.1, 0.15) is 66.2 Å². The van der Waals surface area contributed by atoms with Crippen LogP contribution in [-0.2, 0) is 0 Å². The minimum absolute atomic E-state index is 0.341. The summed E-state index contributed by atoms with van der Waals surface area (Å²) in [6.07, 6.45) is 8.01. The Morgan fingerprint density at radius 1 is 1.07 bits per heavy atom. The summed E-state index contributed by atoms with van der Waals surface area (Å²) in [5, 5.41) is 0.341. The molecule has 0 rings (SSSR count). The average Bonchev–Trinajstić information content (AvgIpc) is 2.10. The van der Waals surface area contributed by atoms with Crippen LogP contribution in [0.4, 0.5) is 0 Å². The molecule has 0 nitrogen and oxygen atoms in total. The van der Waals surface area contributed by atoms with Crippen LogP contribution in [0.5, 0.6) is 0 Å². The summed E-state index contributed by atoms with van der Waals surface area (Å²) in [6, 6.07) is 0. The van der Waals surface area contributed by atoms with E-state index in [4.69, 9.17) is 11.6 Å². The van der Waals surface area contributed by atoms with Gasteiger partial charge >= 0.3 is 0 Å². The fourth-order valence-corrected chi connectivity index (χ4v) is 2.51. The summed E-state index contributed by atoms with van der Waals surface area (Å²) in [5.74, 6) is 1.73. The van der Waals surface area contributed by atoms with Crippen LogP contribution in [0.15, 0.2) is 0 Å². The van der Waals surface area contributed by atoms with E-state index in [0.29, 0.717) is 5.38 Å². The first-order valence-electron chi connectivity index (χ1n) is 6.24. The summed E-state index contributed by atoms with van der Waals surface area (Å²) in [5.41, 5.74) is 0. The van der Waals surface area contributed by atoms with E-state index in [9.17, 15) is 0 Å². The molecule has 0 aliphatic carbocycles. The van der Waals surface area contributed by atoms with Gasteiger partial charge in [-0.25, -0.2) is 0 Å². The van der Waals surface area contributed by atoms with Crippen molar-refractivity contribution in [1.29, 1.82) is 0 Å². The molecule has 1 heteroatoms. The molecular formula is C13H27Cl. The molecule has 0 saturated carbocycles. The normalized spacial score (nSPS) is 17.8. The van der Waals surface area contributed by atoms with Gasteiger partial charge in [-0.3, -0.25) is 0 Å². The molecule has 3 unspecified atom stereocenters. The third kappa shape index (κ3) is 7.67. The second kappa shape index (κ2) is 8.59. The maximum absolute atomic E-state index is 6.00. The molecule has 0 saturated heterocycles. The number of rotatable bonds is 8. The van der Waals surface area contributed by atoms with Gasteiger partial charge in [-0.15, -0.1) is 11.6 Å². The molecule has 0 aromatic heterocycles. The highest BCUT2D eigenvalue weighted by Crippen LogP contribution is 2.24. The Labute approximate surface area is 95.4 Å². The molecule has 0 aliphatic heterocycles. The van der Waals surface area contributed by atoms with Gasteiger partial charge in [0.15, 0.2) is 0 Å². The van der Waals surface area contributed by atoms with Crippen molar-refractivity contribution in [2.75, 3.05) is 0 Å². The molecule has 86 valence electrons. The first-order chi connectivity index (χ1) is 6.60. The van der Waals surface area contributed by atoms with Gasteiger partial charge < -0.3 is 0 Å². The molecule has 3 atom stereocenters. The third-order valence-corrected chi connectivity index (χ3v) is 3.18. The van der Waals surface area contributed by atoms with Crippen molar-refractivity contribution in [1.82, 2.24) is 0 Å². The molecule has 0 amide bonds. The lowest BCUT2D eigenvalue weighted by atomic mass is 9.87. The lowest BCUT2D eigenvalue weighted by Crippen LogP contribution is -2.09. The molecule has 0 spiro atoms. The van der Waals surface area contributed by atoms with Gasteiger partial charge in [-0.1, -0.05) is 46.5 Å². The van der Waals surface area contributed by atoms with E-state index in [1.54, 1.807) is 0 Å². The first kappa shape index (κ1) is 14.3. The van der Waals surface area contributed by atoms with Crippen LogP contribution in [-0.4, -0.2) is 5.38 Å². The zero-order valence-electron chi connectivity index (χ0n) is 10.4. The topological polar surface area (TPSA) is 0 Å². The fraction of sp³-hybridized carbons (Fsp3) is 1.00. The van der Waals surface area contributed by atoms with E-state index in [2.05, 4.69) is 27.7 Å². The maximum Gasteiger partial charge on any atom is 0.0310 e. The second-order valence-corrected chi connectivity index (χ2v) is 5.52. The van der Waals surface area contributed by atoms with Gasteiger partial charge in [0.1, 0.15) is 0 Å². The SMILES string of the molecule is CCCCC(CC)CC(C)CC(C)Cl. The minimum atomic E-state index is 0.341. The highest BCUT2D eigenvalue weighted by Gasteiger charge is 2.12. The molecule has 0 aromatic rings. The number of hydrogen-bond donors (Lipinski definition) is 0. The Hall–Kier alpha value is 0.290. The highest BCUT2D eigenvalue weighted by molar-refractivity contribution is 6.20. The van der Waals surface area contributed by atoms with Crippen molar-refractivity contribution in [3.05, 3.63) is 0 Å². The molecule has 0 heterocycles. The smallest absolute Gasteiger partial charge is 0.0310 e. The Balaban J connectivity index is 3.68. The van der Waals surface area contributed by atoms with E-state index in [0.717, 1.165) is 11.8 Å². The van der Waals surface area contributed by atoms with Crippen LogP contribution in [0.2, 0.25) is 0 Å². The Bertz CT molecular complexity index is 120. The maximum atomic E-state index is 6.00.